The summed E-state index contributed by atoms with van der Waals surface area (Å²) in [6, 6.07) is 17.8. The highest BCUT2D eigenvalue weighted by molar-refractivity contribution is 5.85. The maximum absolute atomic E-state index is 13.0. The Kier molecular flexibility index (Phi) is 2.98. The number of fused-ring (bicyclic) bond motifs is 1. The van der Waals surface area contributed by atoms with Crippen LogP contribution in [0, 0.1) is 6.92 Å². The van der Waals surface area contributed by atoms with Crippen LogP contribution in [-0.4, -0.2) is 14.3 Å². The lowest BCUT2D eigenvalue weighted by Gasteiger charge is -2.07. The summed E-state index contributed by atoms with van der Waals surface area (Å²) in [5.74, 6) is 0. The van der Waals surface area contributed by atoms with Gasteiger partial charge in [0.1, 0.15) is 0 Å². The maximum Gasteiger partial charge on any atom is 0.279 e. The number of nitrogens with zero attached hydrogens (tertiary/aromatic N) is 2. The molecular formula is C19H17N3O. The number of aromatic amines is 1. The van der Waals surface area contributed by atoms with Gasteiger partial charge in [-0.05, 0) is 48.2 Å². The molecule has 0 saturated heterocycles. The van der Waals surface area contributed by atoms with E-state index < -0.39 is 0 Å². The topological polar surface area (TPSA) is 42.7 Å². The maximum atomic E-state index is 13.0. The highest BCUT2D eigenvalue weighted by Gasteiger charge is 2.17. The lowest BCUT2D eigenvalue weighted by Crippen LogP contribution is -2.20. The molecule has 4 rings (SSSR count). The summed E-state index contributed by atoms with van der Waals surface area (Å²) in [5, 5.41) is 1.11. The number of hydrogen-bond donors (Lipinski definition) is 1. The van der Waals surface area contributed by atoms with Crippen LogP contribution in [0.5, 0.6) is 0 Å². The fourth-order valence-electron chi connectivity index (χ4n) is 3.11. The number of para-hydroxylation sites is 1. The lowest BCUT2D eigenvalue weighted by atomic mass is 10.0. The molecule has 2 aromatic heterocycles. The van der Waals surface area contributed by atoms with Gasteiger partial charge in [-0.2, -0.15) is 0 Å². The molecule has 2 aromatic carbocycles. The Bertz CT molecular complexity index is 1050. The number of H-pyrrole nitrogens is 1. The molecule has 0 bridgehead atoms. The zero-order valence-corrected chi connectivity index (χ0v) is 13.1. The number of nitrogens with one attached hydrogen (secondary N) is 1. The van der Waals surface area contributed by atoms with Crippen LogP contribution in [0.3, 0.4) is 0 Å². The molecule has 1 N–H and O–H groups in total. The standard InChI is InChI=1S/C19H17N3O/c1-13-18(15-8-9-17-14(12-15)10-11-20-17)19(23)22(21(13)2)16-6-4-3-5-7-16/h3-12,20H,1-2H3. The van der Waals surface area contributed by atoms with E-state index in [1.807, 2.05) is 73.4 Å². The lowest BCUT2D eigenvalue weighted by molar-refractivity contribution is 0.630. The smallest absolute Gasteiger partial charge is 0.279 e. The molecular weight excluding hydrogens is 286 g/mol. The van der Waals surface area contributed by atoms with Crippen LogP contribution in [-0.2, 0) is 7.05 Å². The van der Waals surface area contributed by atoms with Crippen LogP contribution in [0.4, 0.5) is 0 Å². The Balaban J connectivity index is 1.98. The van der Waals surface area contributed by atoms with Crippen molar-refractivity contribution in [1.82, 2.24) is 14.3 Å². The van der Waals surface area contributed by atoms with E-state index in [9.17, 15) is 4.79 Å². The Hall–Kier alpha value is -3.01. The van der Waals surface area contributed by atoms with Gasteiger partial charge in [0.2, 0.25) is 0 Å². The minimum atomic E-state index is 0.00563. The molecule has 0 aliphatic heterocycles. The van der Waals surface area contributed by atoms with Crippen molar-refractivity contribution in [2.75, 3.05) is 0 Å². The van der Waals surface area contributed by atoms with Crippen LogP contribution >= 0.6 is 0 Å². The minimum absolute atomic E-state index is 0.00563. The van der Waals surface area contributed by atoms with Gasteiger partial charge in [-0.25, -0.2) is 4.68 Å². The first-order chi connectivity index (χ1) is 11.2. The first-order valence-corrected chi connectivity index (χ1v) is 7.58. The molecule has 4 nitrogen and oxygen atoms in total. The zero-order chi connectivity index (χ0) is 16.0. The fourth-order valence-corrected chi connectivity index (χ4v) is 3.11. The van der Waals surface area contributed by atoms with Crippen LogP contribution in [0.15, 0.2) is 65.6 Å². The molecule has 0 aliphatic rings. The van der Waals surface area contributed by atoms with Gasteiger partial charge in [-0.1, -0.05) is 24.3 Å². The fraction of sp³-hybridized carbons (Fsp3) is 0.105. The second-order valence-electron chi connectivity index (χ2n) is 5.72. The SMILES string of the molecule is Cc1c(-c2ccc3[nH]ccc3c2)c(=O)n(-c2ccccc2)n1C. The minimum Gasteiger partial charge on any atom is -0.361 e. The summed E-state index contributed by atoms with van der Waals surface area (Å²) >= 11 is 0. The predicted molar refractivity (Wildman–Crippen MR) is 93.0 cm³/mol. The second kappa shape index (κ2) is 5.02. The molecule has 0 aliphatic carbocycles. The van der Waals surface area contributed by atoms with Crippen molar-refractivity contribution < 1.29 is 0 Å². The molecule has 0 unspecified atom stereocenters. The van der Waals surface area contributed by atoms with Crippen LogP contribution in [0.1, 0.15) is 5.69 Å². The number of aromatic nitrogens is 3. The van der Waals surface area contributed by atoms with E-state index in [1.165, 1.54) is 0 Å². The van der Waals surface area contributed by atoms with Crippen molar-refractivity contribution in [2.45, 2.75) is 6.92 Å². The normalized spacial score (nSPS) is 11.2. The van der Waals surface area contributed by atoms with E-state index in [1.54, 1.807) is 4.68 Å². The molecule has 4 heteroatoms. The molecule has 0 fully saturated rings. The Labute approximate surface area is 133 Å². The summed E-state index contributed by atoms with van der Waals surface area (Å²) in [6.07, 6.45) is 1.91. The third kappa shape index (κ3) is 2.03. The molecule has 0 atom stereocenters. The van der Waals surface area contributed by atoms with Crippen molar-refractivity contribution >= 4 is 10.9 Å². The average Bonchev–Trinajstić information content (AvgIpc) is 3.11. The summed E-state index contributed by atoms with van der Waals surface area (Å²) in [6.45, 7) is 1.98. The first kappa shape index (κ1) is 13.6. The van der Waals surface area contributed by atoms with Gasteiger partial charge in [0.25, 0.3) is 5.56 Å². The number of rotatable bonds is 2. The molecule has 0 saturated carbocycles. The van der Waals surface area contributed by atoms with E-state index >= 15 is 0 Å². The molecule has 2 heterocycles. The number of benzene rings is 2. The summed E-state index contributed by atoms with van der Waals surface area (Å²) in [4.78, 5) is 16.2. The van der Waals surface area contributed by atoms with Gasteiger partial charge in [0.05, 0.1) is 11.3 Å². The van der Waals surface area contributed by atoms with Crippen LogP contribution in [0.25, 0.3) is 27.7 Å². The van der Waals surface area contributed by atoms with E-state index in [0.29, 0.717) is 0 Å². The van der Waals surface area contributed by atoms with Gasteiger partial charge in [0, 0.05) is 24.5 Å². The third-order valence-electron chi connectivity index (χ3n) is 4.40. The molecule has 114 valence electrons. The molecule has 0 spiro atoms. The Morgan fingerprint density at radius 2 is 1.78 bits per heavy atom. The monoisotopic (exact) mass is 303 g/mol. The average molecular weight is 303 g/mol. The van der Waals surface area contributed by atoms with Gasteiger partial charge < -0.3 is 4.98 Å². The van der Waals surface area contributed by atoms with Crippen molar-refractivity contribution in [1.29, 1.82) is 0 Å². The van der Waals surface area contributed by atoms with Crippen molar-refractivity contribution in [3.8, 4) is 16.8 Å². The van der Waals surface area contributed by atoms with E-state index in [2.05, 4.69) is 11.1 Å². The molecule has 23 heavy (non-hydrogen) atoms. The Morgan fingerprint density at radius 3 is 2.57 bits per heavy atom. The quantitative estimate of drug-likeness (QED) is 0.603. The second-order valence-corrected chi connectivity index (χ2v) is 5.72. The number of hydrogen-bond acceptors (Lipinski definition) is 1. The van der Waals surface area contributed by atoms with Crippen molar-refractivity contribution in [3.63, 3.8) is 0 Å². The first-order valence-electron chi connectivity index (χ1n) is 7.58. The highest BCUT2D eigenvalue weighted by atomic mass is 16.1. The predicted octanol–water partition coefficient (Wildman–Crippen LogP) is 3.63. The molecule has 4 aromatic rings. The molecule has 0 radical (unpaired) electrons. The van der Waals surface area contributed by atoms with E-state index in [0.717, 1.165) is 33.4 Å². The third-order valence-corrected chi connectivity index (χ3v) is 4.40. The van der Waals surface area contributed by atoms with Gasteiger partial charge in [-0.3, -0.25) is 9.48 Å². The summed E-state index contributed by atoms with van der Waals surface area (Å²) in [7, 11) is 1.92. The summed E-state index contributed by atoms with van der Waals surface area (Å²) in [5.41, 5.74) is 4.60. The van der Waals surface area contributed by atoms with Crippen molar-refractivity contribution in [3.05, 3.63) is 76.8 Å². The Morgan fingerprint density at radius 1 is 1.00 bits per heavy atom. The summed E-state index contributed by atoms with van der Waals surface area (Å²) < 4.78 is 3.63. The molecule has 0 amide bonds. The van der Waals surface area contributed by atoms with Gasteiger partial charge in [0.15, 0.2) is 0 Å². The van der Waals surface area contributed by atoms with Gasteiger partial charge >= 0.3 is 0 Å². The highest BCUT2D eigenvalue weighted by Crippen LogP contribution is 2.25. The van der Waals surface area contributed by atoms with Crippen molar-refractivity contribution in [2.24, 2.45) is 7.05 Å². The van der Waals surface area contributed by atoms with Crippen LogP contribution in [0.2, 0.25) is 0 Å². The van der Waals surface area contributed by atoms with E-state index in [4.69, 9.17) is 0 Å². The zero-order valence-electron chi connectivity index (χ0n) is 13.1. The van der Waals surface area contributed by atoms with E-state index in [-0.39, 0.29) is 5.56 Å². The largest absolute Gasteiger partial charge is 0.361 e. The van der Waals surface area contributed by atoms with Crippen LogP contribution < -0.4 is 5.56 Å². The van der Waals surface area contributed by atoms with Gasteiger partial charge in [-0.15, -0.1) is 0 Å².